The molecule has 6 heteroatoms. The van der Waals surface area contributed by atoms with Gasteiger partial charge in [-0.15, -0.1) is 0 Å². The maximum Gasteiger partial charge on any atom is 0.212 e. The van der Waals surface area contributed by atoms with Crippen LogP contribution in [0.5, 0.6) is 0 Å². The van der Waals surface area contributed by atoms with Crippen LogP contribution in [0, 0.1) is 0 Å². The highest BCUT2D eigenvalue weighted by Gasteiger charge is 2.09. The smallest absolute Gasteiger partial charge is 0.212 e. The first kappa shape index (κ1) is 10.5. The molecule has 0 spiro atoms. The van der Waals surface area contributed by atoms with Gasteiger partial charge in [-0.3, -0.25) is 0 Å². The molecule has 17 heavy (non-hydrogen) atoms. The van der Waals surface area contributed by atoms with Crippen molar-refractivity contribution in [3.63, 3.8) is 0 Å². The maximum atomic E-state index is 5.51. The molecule has 88 valence electrons. The van der Waals surface area contributed by atoms with Gasteiger partial charge < -0.3 is 10.3 Å². The molecule has 2 N–H and O–H groups in total. The Balaban J connectivity index is 2.00. The van der Waals surface area contributed by atoms with E-state index in [1.165, 1.54) is 0 Å². The van der Waals surface area contributed by atoms with Crippen LogP contribution in [-0.4, -0.2) is 25.7 Å². The zero-order valence-corrected chi connectivity index (χ0v) is 10.3. The van der Waals surface area contributed by atoms with Gasteiger partial charge in [0.2, 0.25) is 4.96 Å². The van der Waals surface area contributed by atoms with E-state index in [4.69, 9.17) is 5.73 Å². The summed E-state index contributed by atoms with van der Waals surface area (Å²) in [6.45, 7) is 0.627. The summed E-state index contributed by atoms with van der Waals surface area (Å²) in [7, 11) is 2.00. The molecule has 0 unspecified atom stereocenters. The van der Waals surface area contributed by atoms with Crippen molar-refractivity contribution in [2.24, 2.45) is 12.8 Å². The van der Waals surface area contributed by atoms with Gasteiger partial charge in [0.1, 0.15) is 5.01 Å². The lowest BCUT2D eigenvalue weighted by Crippen LogP contribution is -2.02. The number of fused-ring (bicyclic) bond motifs is 1. The Bertz CT molecular complexity index is 616. The Hall–Kier alpha value is -1.66. The number of hydrogen-bond acceptors (Lipinski definition) is 4. The van der Waals surface area contributed by atoms with E-state index < -0.39 is 0 Å². The summed E-state index contributed by atoms with van der Waals surface area (Å²) < 4.78 is 3.84. The van der Waals surface area contributed by atoms with Gasteiger partial charge in [-0.2, -0.15) is 5.10 Å². The van der Waals surface area contributed by atoms with Crippen LogP contribution in [0.4, 0.5) is 0 Å². The molecule has 0 aliphatic carbocycles. The van der Waals surface area contributed by atoms with Crippen molar-refractivity contribution < 1.29 is 0 Å². The van der Waals surface area contributed by atoms with Crippen molar-refractivity contribution in [1.29, 1.82) is 0 Å². The van der Waals surface area contributed by atoms with Gasteiger partial charge in [-0.1, -0.05) is 11.3 Å². The molecule has 0 aliphatic heterocycles. The zero-order chi connectivity index (χ0) is 11.8. The molecule has 3 heterocycles. The minimum atomic E-state index is 0.627. The van der Waals surface area contributed by atoms with E-state index in [1.54, 1.807) is 11.3 Å². The lowest BCUT2D eigenvalue weighted by molar-refractivity contribution is 0.872. The Morgan fingerprint density at radius 1 is 1.41 bits per heavy atom. The van der Waals surface area contributed by atoms with Crippen LogP contribution < -0.4 is 5.73 Å². The van der Waals surface area contributed by atoms with Crippen molar-refractivity contribution in [3.05, 3.63) is 29.7 Å². The van der Waals surface area contributed by atoms with Crippen LogP contribution in [-0.2, 0) is 13.5 Å². The standard InChI is InChI=1S/C11H13N5S/c1-15-5-3-8(6-15)9-7-16-11(13-9)17-10(14-16)2-4-12/h3,5-7H,2,4,12H2,1H3. The van der Waals surface area contributed by atoms with Crippen molar-refractivity contribution in [2.45, 2.75) is 6.42 Å². The number of aryl methyl sites for hydroxylation is 1. The number of aromatic nitrogens is 4. The summed E-state index contributed by atoms with van der Waals surface area (Å²) in [6.07, 6.45) is 6.83. The van der Waals surface area contributed by atoms with E-state index in [-0.39, 0.29) is 0 Å². The van der Waals surface area contributed by atoms with Crippen molar-refractivity contribution in [1.82, 2.24) is 19.2 Å². The number of hydrogen-bond donors (Lipinski definition) is 1. The predicted octanol–water partition coefficient (Wildman–Crippen LogP) is 1.30. The molecule has 0 bridgehead atoms. The molecule has 3 aromatic rings. The van der Waals surface area contributed by atoms with Crippen LogP contribution in [0.25, 0.3) is 16.2 Å². The van der Waals surface area contributed by atoms with Gasteiger partial charge in [0.15, 0.2) is 0 Å². The molecule has 0 atom stereocenters. The topological polar surface area (TPSA) is 61.1 Å². The highest BCUT2D eigenvalue weighted by molar-refractivity contribution is 7.16. The molecule has 3 rings (SSSR count). The van der Waals surface area contributed by atoms with E-state index >= 15 is 0 Å². The minimum absolute atomic E-state index is 0.627. The van der Waals surface area contributed by atoms with Gasteiger partial charge >= 0.3 is 0 Å². The van der Waals surface area contributed by atoms with Gasteiger partial charge in [0.05, 0.1) is 11.9 Å². The van der Waals surface area contributed by atoms with Crippen LogP contribution in [0.15, 0.2) is 24.7 Å². The Morgan fingerprint density at radius 2 is 2.29 bits per heavy atom. The second kappa shape index (κ2) is 3.97. The SMILES string of the molecule is Cn1ccc(-c2cn3nc(CCN)sc3n2)c1. The van der Waals surface area contributed by atoms with Gasteiger partial charge in [0.25, 0.3) is 0 Å². The number of imidazole rings is 1. The van der Waals surface area contributed by atoms with Crippen molar-refractivity contribution >= 4 is 16.3 Å². The summed E-state index contributed by atoms with van der Waals surface area (Å²) >= 11 is 1.60. The van der Waals surface area contributed by atoms with Crippen LogP contribution >= 0.6 is 11.3 Å². The second-order valence-electron chi connectivity index (χ2n) is 3.95. The molecule has 0 amide bonds. The van der Waals surface area contributed by atoms with Crippen LogP contribution in [0.2, 0.25) is 0 Å². The van der Waals surface area contributed by atoms with E-state index in [0.717, 1.165) is 27.6 Å². The molecular formula is C11H13N5S. The molecule has 0 radical (unpaired) electrons. The maximum absolute atomic E-state index is 5.51. The fraction of sp³-hybridized carbons (Fsp3) is 0.273. The fourth-order valence-corrected chi connectivity index (χ4v) is 2.65. The molecule has 0 aromatic carbocycles. The van der Waals surface area contributed by atoms with Gasteiger partial charge in [-0.05, 0) is 12.6 Å². The summed E-state index contributed by atoms with van der Waals surface area (Å²) in [5.74, 6) is 0. The molecule has 0 saturated carbocycles. The molecular weight excluding hydrogens is 234 g/mol. The average Bonchev–Trinajstić information content (AvgIpc) is 2.91. The second-order valence-corrected chi connectivity index (χ2v) is 4.99. The largest absolute Gasteiger partial charge is 0.357 e. The quantitative estimate of drug-likeness (QED) is 0.759. The first-order valence-electron chi connectivity index (χ1n) is 5.44. The van der Waals surface area contributed by atoms with E-state index in [2.05, 4.69) is 10.1 Å². The predicted molar refractivity (Wildman–Crippen MR) is 68.0 cm³/mol. The number of rotatable bonds is 3. The third-order valence-corrected chi connectivity index (χ3v) is 3.55. The average molecular weight is 247 g/mol. The molecule has 0 saturated heterocycles. The zero-order valence-electron chi connectivity index (χ0n) is 9.50. The van der Waals surface area contributed by atoms with Crippen LogP contribution in [0.3, 0.4) is 0 Å². The Kier molecular flexibility index (Phi) is 2.45. The summed E-state index contributed by atoms with van der Waals surface area (Å²) in [4.78, 5) is 5.49. The Labute approximate surface area is 103 Å². The van der Waals surface area contributed by atoms with Crippen molar-refractivity contribution in [2.75, 3.05) is 6.54 Å². The van der Waals surface area contributed by atoms with Crippen LogP contribution in [0.1, 0.15) is 5.01 Å². The molecule has 0 aliphatic rings. The lowest BCUT2D eigenvalue weighted by Gasteiger charge is -1.89. The lowest BCUT2D eigenvalue weighted by atomic mass is 10.3. The summed E-state index contributed by atoms with van der Waals surface area (Å²) in [5.41, 5.74) is 7.59. The molecule has 0 fully saturated rings. The van der Waals surface area contributed by atoms with E-state index in [1.807, 2.05) is 40.8 Å². The van der Waals surface area contributed by atoms with E-state index in [9.17, 15) is 0 Å². The van der Waals surface area contributed by atoms with E-state index in [0.29, 0.717) is 6.54 Å². The first-order valence-corrected chi connectivity index (χ1v) is 6.25. The molecule has 3 aromatic heterocycles. The Morgan fingerprint density at radius 3 is 2.94 bits per heavy atom. The third kappa shape index (κ3) is 1.85. The third-order valence-electron chi connectivity index (χ3n) is 2.57. The number of nitrogens with zero attached hydrogens (tertiary/aromatic N) is 4. The fourth-order valence-electron chi connectivity index (χ4n) is 1.76. The van der Waals surface area contributed by atoms with Gasteiger partial charge in [-0.25, -0.2) is 9.50 Å². The highest BCUT2D eigenvalue weighted by Crippen LogP contribution is 2.22. The van der Waals surface area contributed by atoms with Crippen molar-refractivity contribution in [3.8, 4) is 11.3 Å². The highest BCUT2D eigenvalue weighted by atomic mass is 32.1. The monoisotopic (exact) mass is 247 g/mol. The van der Waals surface area contributed by atoms with Gasteiger partial charge in [0, 0.05) is 31.4 Å². The minimum Gasteiger partial charge on any atom is -0.357 e. The number of nitrogens with two attached hydrogens (primary N) is 1. The summed E-state index contributed by atoms with van der Waals surface area (Å²) in [5, 5.41) is 5.48. The normalized spacial score (nSPS) is 11.4. The first-order chi connectivity index (χ1) is 8.26. The molecule has 5 nitrogen and oxygen atoms in total. The summed E-state index contributed by atoms with van der Waals surface area (Å²) in [6, 6.07) is 2.05.